The van der Waals surface area contributed by atoms with Crippen molar-refractivity contribution in [2.24, 2.45) is 5.92 Å². The predicted molar refractivity (Wildman–Crippen MR) is 185 cm³/mol. The van der Waals surface area contributed by atoms with Gasteiger partial charge in [-0.1, -0.05) is 24.3 Å². The van der Waals surface area contributed by atoms with E-state index in [1.807, 2.05) is 28.8 Å². The Bertz CT molecular complexity index is 1980. The third-order valence-corrected chi connectivity index (χ3v) is 9.70. The van der Waals surface area contributed by atoms with E-state index in [0.717, 1.165) is 67.4 Å². The number of carbonyl (C=O) groups is 1. The number of nitrogens with zero attached hydrogens (tertiary/aromatic N) is 5. The van der Waals surface area contributed by atoms with Crippen LogP contribution in [-0.4, -0.2) is 63.3 Å². The molecular formula is C37H40FN7O3. The summed E-state index contributed by atoms with van der Waals surface area (Å²) in [5.41, 5.74) is 10.1. The van der Waals surface area contributed by atoms with Crippen molar-refractivity contribution in [3.05, 3.63) is 95.1 Å². The van der Waals surface area contributed by atoms with Crippen molar-refractivity contribution in [3.8, 4) is 22.3 Å². The van der Waals surface area contributed by atoms with Crippen LogP contribution in [-0.2, 0) is 11.3 Å². The van der Waals surface area contributed by atoms with E-state index < -0.39 is 17.2 Å². The second-order valence-electron chi connectivity index (χ2n) is 13.0. The molecule has 1 amide bonds. The largest absolute Gasteiger partial charge is 0.383 e. The lowest BCUT2D eigenvalue weighted by atomic mass is 9.99. The molecule has 0 saturated carbocycles. The minimum absolute atomic E-state index is 0.0231. The number of nitrogens with two attached hydrogens (primary N) is 1. The van der Waals surface area contributed by atoms with Gasteiger partial charge in [0, 0.05) is 61.2 Å². The standard InChI is InChI=1S/C37H40FN7O3/c1-43-15-2-3-29(12-16-43)45-22-30(33-35(39)40-23-41-36(33)45)25-6-10-28(11-7-25)42-37(47)32-21-44(19-24-13-17-48-18-14-24)20-31(34(32)46)26-4-8-27(38)9-5-26/h4-11,20-24,29H,2-3,12-19H2,1H3,(H,42,47)(H2,39,40,41). The van der Waals surface area contributed by atoms with E-state index in [2.05, 4.69) is 38.0 Å². The van der Waals surface area contributed by atoms with E-state index in [-0.39, 0.29) is 5.56 Å². The highest BCUT2D eigenvalue weighted by Crippen LogP contribution is 2.37. The van der Waals surface area contributed by atoms with Crippen molar-refractivity contribution in [2.75, 3.05) is 44.4 Å². The fourth-order valence-electron chi connectivity index (χ4n) is 7.00. The molecule has 2 saturated heterocycles. The zero-order valence-electron chi connectivity index (χ0n) is 27.1. The van der Waals surface area contributed by atoms with Gasteiger partial charge in [-0.2, -0.15) is 0 Å². The zero-order chi connectivity index (χ0) is 33.2. The van der Waals surface area contributed by atoms with Gasteiger partial charge in [0.05, 0.1) is 5.39 Å². The van der Waals surface area contributed by atoms with Gasteiger partial charge in [0.2, 0.25) is 5.43 Å². The van der Waals surface area contributed by atoms with Gasteiger partial charge in [0.1, 0.15) is 29.2 Å². The molecule has 2 aliphatic heterocycles. The molecule has 7 rings (SSSR count). The van der Waals surface area contributed by atoms with Crippen LogP contribution in [0.15, 0.2) is 78.2 Å². The molecule has 48 heavy (non-hydrogen) atoms. The molecule has 3 aromatic heterocycles. The summed E-state index contributed by atoms with van der Waals surface area (Å²) in [4.78, 5) is 38.6. The third-order valence-electron chi connectivity index (χ3n) is 9.70. The van der Waals surface area contributed by atoms with Crippen molar-refractivity contribution >= 4 is 28.4 Å². The Morgan fingerprint density at radius 3 is 2.44 bits per heavy atom. The molecule has 1 unspecified atom stereocenters. The summed E-state index contributed by atoms with van der Waals surface area (Å²) in [5.74, 6) is -0.115. The minimum atomic E-state index is -0.509. The van der Waals surface area contributed by atoms with Crippen LogP contribution in [0.25, 0.3) is 33.3 Å². The molecule has 0 bridgehead atoms. The van der Waals surface area contributed by atoms with Crippen molar-refractivity contribution < 1.29 is 13.9 Å². The van der Waals surface area contributed by atoms with E-state index in [1.54, 1.807) is 24.5 Å². The molecule has 2 aliphatic rings. The van der Waals surface area contributed by atoms with Crippen LogP contribution in [0, 0.1) is 11.7 Å². The number of aromatic nitrogens is 4. The molecule has 0 radical (unpaired) electrons. The first-order valence-corrected chi connectivity index (χ1v) is 16.6. The van der Waals surface area contributed by atoms with Crippen LogP contribution in [0.3, 0.4) is 0 Å². The first-order chi connectivity index (χ1) is 23.3. The van der Waals surface area contributed by atoms with Gasteiger partial charge in [0.25, 0.3) is 5.91 Å². The van der Waals surface area contributed by atoms with Gasteiger partial charge in [-0.15, -0.1) is 0 Å². The molecule has 0 aliphatic carbocycles. The maximum atomic E-state index is 13.7. The zero-order valence-corrected chi connectivity index (χ0v) is 27.1. The number of ether oxygens (including phenoxy) is 1. The predicted octanol–water partition coefficient (Wildman–Crippen LogP) is 5.98. The third kappa shape index (κ3) is 6.61. The average Bonchev–Trinajstić information content (AvgIpc) is 3.35. The van der Waals surface area contributed by atoms with E-state index in [0.29, 0.717) is 54.4 Å². The quantitative estimate of drug-likeness (QED) is 0.223. The van der Waals surface area contributed by atoms with Crippen molar-refractivity contribution in [1.29, 1.82) is 0 Å². The summed E-state index contributed by atoms with van der Waals surface area (Å²) in [5, 5.41) is 3.74. The number of nitrogen functional groups attached to an aromatic ring is 1. The summed E-state index contributed by atoms with van der Waals surface area (Å²) >= 11 is 0. The minimum Gasteiger partial charge on any atom is -0.383 e. The number of rotatable bonds is 7. The Labute approximate surface area is 278 Å². The number of carbonyl (C=O) groups excluding carboxylic acids is 1. The molecule has 2 aromatic carbocycles. The fraction of sp³-hybridized carbons (Fsp3) is 0.351. The van der Waals surface area contributed by atoms with Gasteiger partial charge in [-0.25, -0.2) is 14.4 Å². The van der Waals surface area contributed by atoms with Crippen LogP contribution >= 0.6 is 0 Å². The van der Waals surface area contributed by atoms with Crippen molar-refractivity contribution in [3.63, 3.8) is 0 Å². The van der Waals surface area contributed by atoms with Crippen LogP contribution in [0.1, 0.15) is 48.5 Å². The monoisotopic (exact) mass is 649 g/mol. The summed E-state index contributed by atoms with van der Waals surface area (Å²) in [7, 11) is 2.16. The highest BCUT2D eigenvalue weighted by Gasteiger charge is 2.23. The first kappa shape index (κ1) is 31.7. The molecule has 248 valence electrons. The highest BCUT2D eigenvalue weighted by molar-refractivity contribution is 6.05. The van der Waals surface area contributed by atoms with Crippen LogP contribution in [0.5, 0.6) is 0 Å². The second kappa shape index (κ2) is 13.7. The van der Waals surface area contributed by atoms with Crippen molar-refractivity contribution in [1.82, 2.24) is 24.0 Å². The normalized spacial score (nSPS) is 17.8. The maximum Gasteiger partial charge on any atom is 0.261 e. The van der Waals surface area contributed by atoms with Gasteiger partial charge >= 0.3 is 0 Å². The summed E-state index contributed by atoms with van der Waals surface area (Å²) in [6.07, 6.45) is 12.0. The van der Waals surface area contributed by atoms with Crippen LogP contribution in [0.4, 0.5) is 15.9 Å². The van der Waals surface area contributed by atoms with E-state index in [1.165, 1.54) is 18.5 Å². The lowest BCUT2D eigenvalue weighted by molar-refractivity contribution is 0.0612. The molecule has 5 aromatic rings. The van der Waals surface area contributed by atoms with Crippen molar-refractivity contribution in [2.45, 2.75) is 44.7 Å². The lowest BCUT2D eigenvalue weighted by Crippen LogP contribution is -2.26. The van der Waals surface area contributed by atoms with E-state index in [9.17, 15) is 14.0 Å². The van der Waals surface area contributed by atoms with Gasteiger partial charge in [0.15, 0.2) is 0 Å². The number of amides is 1. The molecular weight excluding hydrogens is 609 g/mol. The highest BCUT2D eigenvalue weighted by atomic mass is 19.1. The smallest absolute Gasteiger partial charge is 0.261 e. The molecule has 11 heteroatoms. The number of hydrogen-bond acceptors (Lipinski definition) is 7. The molecule has 3 N–H and O–H groups in total. The maximum absolute atomic E-state index is 13.7. The number of hydrogen-bond donors (Lipinski definition) is 2. The van der Waals surface area contributed by atoms with E-state index in [4.69, 9.17) is 10.5 Å². The number of halogens is 1. The fourth-order valence-corrected chi connectivity index (χ4v) is 7.00. The summed E-state index contributed by atoms with van der Waals surface area (Å²) in [6.45, 7) is 4.12. The van der Waals surface area contributed by atoms with Gasteiger partial charge < -0.3 is 29.8 Å². The Balaban J connectivity index is 1.17. The number of fused-ring (bicyclic) bond motifs is 1. The number of pyridine rings is 1. The number of likely N-dealkylation sites (tertiary alicyclic amines) is 1. The summed E-state index contributed by atoms with van der Waals surface area (Å²) < 4.78 is 23.4. The molecule has 0 spiro atoms. The Hall–Kier alpha value is -4.87. The molecule has 1 atom stereocenters. The van der Waals surface area contributed by atoms with E-state index >= 15 is 0 Å². The number of benzene rings is 2. The number of nitrogens with one attached hydrogen (secondary N) is 1. The molecule has 10 nitrogen and oxygen atoms in total. The average molecular weight is 650 g/mol. The Morgan fingerprint density at radius 2 is 1.67 bits per heavy atom. The Kier molecular flexibility index (Phi) is 9.05. The molecule has 2 fully saturated rings. The number of anilines is 2. The van der Waals surface area contributed by atoms with Crippen LogP contribution < -0.4 is 16.5 Å². The second-order valence-corrected chi connectivity index (χ2v) is 13.0. The van der Waals surface area contributed by atoms with Gasteiger partial charge in [-0.3, -0.25) is 9.59 Å². The molecule has 5 heterocycles. The SMILES string of the molecule is CN1CCCC(n2cc(-c3ccc(NC(=O)c4cn(CC5CCOCC5)cc(-c5ccc(F)cc5)c4=O)cc3)c3c(N)ncnc32)CC1. The van der Waals surface area contributed by atoms with Crippen LogP contribution in [0.2, 0.25) is 0 Å². The topological polar surface area (TPSA) is 120 Å². The summed E-state index contributed by atoms with van der Waals surface area (Å²) in [6, 6.07) is 13.6. The lowest BCUT2D eigenvalue weighted by Gasteiger charge is -2.23. The van der Waals surface area contributed by atoms with Gasteiger partial charge in [-0.05, 0) is 93.6 Å². The Morgan fingerprint density at radius 1 is 0.938 bits per heavy atom. The first-order valence-electron chi connectivity index (χ1n) is 16.6.